The summed E-state index contributed by atoms with van der Waals surface area (Å²) < 4.78 is 0. The first-order valence-electron chi connectivity index (χ1n) is 6.56. The zero-order valence-corrected chi connectivity index (χ0v) is 10.8. The number of nitrogens with zero attached hydrogens (tertiary/aromatic N) is 3. The molecular formula is C13H22N4. The summed E-state index contributed by atoms with van der Waals surface area (Å²) >= 11 is 0. The number of aromatic nitrogens is 2. The highest BCUT2D eigenvalue weighted by Crippen LogP contribution is 2.14. The van der Waals surface area contributed by atoms with Gasteiger partial charge in [0.1, 0.15) is 12.1 Å². The molecule has 0 bridgehead atoms. The molecule has 2 rings (SSSR count). The number of aryl methyl sites for hydroxylation is 1. The second-order valence-electron chi connectivity index (χ2n) is 4.70. The third-order valence-electron chi connectivity index (χ3n) is 3.35. The highest BCUT2D eigenvalue weighted by molar-refractivity contribution is 5.38. The van der Waals surface area contributed by atoms with Crippen LogP contribution in [0.2, 0.25) is 0 Å². The lowest BCUT2D eigenvalue weighted by Crippen LogP contribution is -2.44. The Hall–Kier alpha value is -1.16. The number of hydrogen-bond acceptors (Lipinski definition) is 4. The molecule has 4 nitrogen and oxygen atoms in total. The van der Waals surface area contributed by atoms with Crippen LogP contribution in [0.1, 0.15) is 31.9 Å². The summed E-state index contributed by atoms with van der Waals surface area (Å²) in [4.78, 5) is 10.8. The molecule has 1 fully saturated rings. The molecule has 1 aliphatic heterocycles. The van der Waals surface area contributed by atoms with Gasteiger partial charge in [0.15, 0.2) is 0 Å². The van der Waals surface area contributed by atoms with E-state index in [0.29, 0.717) is 6.04 Å². The van der Waals surface area contributed by atoms with Gasteiger partial charge in [-0.2, -0.15) is 0 Å². The Morgan fingerprint density at radius 1 is 1.41 bits per heavy atom. The van der Waals surface area contributed by atoms with E-state index in [1.807, 2.05) is 6.92 Å². The Morgan fingerprint density at radius 2 is 2.29 bits per heavy atom. The number of piperidine rings is 1. The van der Waals surface area contributed by atoms with Crippen LogP contribution in [0.25, 0.3) is 0 Å². The Balaban J connectivity index is 2.00. The molecule has 1 atom stereocenters. The lowest BCUT2D eigenvalue weighted by Gasteiger charge is -2.30. The zero-order valence-electron chi connectivity index (χ0n) is 10.8. The standard InChI is InChI=1S/C13H22N4/c1-3-17(9-12-6-4-5-7-14-12)13-8-11(2)15-10-16-13/h8,10,12,14H,3-7,9H2,1-2H3. The molecule has 4 heteroatoms. The van der Waals surface area contributed by atoms with E-state index in [2.05, 4.69) is 33.2 Å². The smallest absolute Gasteiger partial charge is 0.132 e. The minimum absolute atomic E-state index is 0.610. The molecule has 1 N–H and O–H groups in total. The quantitative estimate of drug-likeness (QED) is 0.862. The Morgan fingerprint density at radius 3 is 2.94 bits per heavy atom. The molecule has 0 radical (unpaired) electrons. The van der Waals surface area contributed by atoms with E-state index in [1.165, 1.54) is 19.3 Å². The van der Waals surface area contributed by atoms with E-state index in [4.69, 9.17) is 0 Å². The first-order valence-corrected chi connectivity index (χ1v) is 6.56. The summed E-state index contributed by atoms with van der Waals surface area (Å²) in [5.41, 5.74) is 1.03. The maximum absolute atomic E-state index is 4.36. The summed E-state index contributed by atoms with van der Waals surface area (Å²) in [6, 6.07) is 2.67. The molecule has 1 unspecified atom stereocenters. The second-order valence-corrected chi connectivity index (χ2v) is 4.70. The molecule has 1 aromatic heterocycles. The van der Waals surface area contributed by atoms with Crippen molar-refractivity contribution in [2.75, 3.05) is 24.5 Å². The monoisotopic (exact) mass is 234 g/mol. The summed E-state index contributed by atoms with van der Waals surface area (Å²) in [6.07, 6.45) is 5.59. The van der Waals surface area contributed by atoms with Crippen molar-refractivity contribution in [3.8, 4) is 0 Å². The van der Waals surface area contributed by atoms with Crippen molar-refractivity contribution in [2.24, 2.45) is 0 Å². The lowest BCUT2D eigenvalue weighted by atomic mass is 10.0. The third-order valence-corrected chi connectivity index (χ3v) is 3.35. The number of likely N-dealkylation sites (N-methyl/N-ethyl adjacent to an activating group) is 1. The van der Waals surface area contributed by atoms with Gasteiger partial charge in [0.05, 0.1) is 0 Å². The van der Waals surface area contributed by atoms with Crippen LogP contribution in [-0.4, -0.2) is 35.6 Å². The highest BCUT2D eigenvalue weighted by Gasteiger charge is 2.16. The Kier molecular flexibility index (Phi) is 4.31. The topological polar surface area (TPSA) is 41.0 Å². The third kappa shape index (κ3) is 3.40. The summed E-state index contributed by atoms with van der Waals surface area (Å²) in [5, 5.41) is 3.58. The van der Waals surface area contributed by atoms with Crippen molar-refractivity contribution in [2.45, 2.75) is 39.2 Å². The van der Waals surface area contributed by atoms with Crippen LogP contribution in [0.4, 0.5) is 5.82 Å². The van der Waals surface area contributed by atoms with Crippen LogP contribution in [0.15, 0.2) is 12.4 Å². The van der Waals surface area contributed by atoms with Crippen LogP contribution in [0, 0.1) is 6.92 Å². The van der Waals surface area contributed by atoms with E-state index < -0.39 is 0 Å². The Bertz CT molecular complexity index is 347. The van der Waals surface area contributed by atoms with Gasteiger partial charge in [-0.15, -0.1) is 0 Å². The number of nitrogens with one attached hydrogen (secondary N) is 1. The molecule has 1 aliphatic rings. The van der Waals surface area contributed by atoms with Gasteiger partial charge in [0.25, 0.3) is 0 Å². The first kappa shape index (κ1) is 12.3. The van der Waals surface area contributed by atoms with Gasteiger partial charge in [-0.1, -0.05) is 6.42 Å². The maximum Gasteiger partial charge on any atom is 0.132 e. The fourth-order valence-corrected chi connectivity index (χ4v) is 2.34. The largest absolute Gasteiger partial charge is 0.355 e. The summed E-state index contributed by atoms with van der Waals surface area (Å²) in [5.74, 6) is 1.05. The van der Waals surface area contributed by atoms with Crippen LogP contribution in [0.5, 0.6) is 0 Å². The summed E-state index contributed by atoms with van der Waals surface area (Å²) in [6.45, 7) is 7.39. The second kappa shape index (κ2) is 5.96. The molecule has 94 valence electrons. The van der Waals surface area contributed by atoms with Gasteiger partial charge < -0.3 is 10.2 Å². The molecule has 0 spiro atoms. The van der Waals surface area contributed by atoms with Crippen molar-refractivity contribution >= 4 is 5.82 Å². The molecule has 17 heavy (non-hydrogen) atoms. The van der Waals surface area contributed by atoms with Gasteiger partial charge in [0, 0.05) is 30.9 Å². The Labute approximate surface area is 103 Å². The highest BCUT2D eigenvalue weighted by atomic mass is 15.2. The fraction of sp³-hybridized carbons (Fsp3) is 0.692. The van der Waals surface area contributed by atoms with Crippen molar-refractivity contribution in [3.63, 3.8) is 0 Å². The van der Waals surface area contributed by atoms with Crippen molar-refractivity contribution < 1.29 is 0 Å². The van der Waals surface area contributed by atoms with E-state index >= 15 is 0 Å². The van der Waals surface area contributed by atoms with Crippen molar-refractivity contribution in [1.82, 2.24) is 15.3 Å². The fourth-order valence-electron chi connectivity index (χ4n) is 2.34. The molecular weight excluding hydrogens is 212 g/mol. The lowest BCUT2D eigenvalue weighted by molar-refractivity contribution is 0.399. The predicted molar refractivity (Wildman–Crippen MR) is 70.3 cm³/mol. The molecule has 1 aromatic rings. The van der Waals surface area contributed by atoms with Crippen LogP contribution in [-0.2, 0) is 0 Å². The molecule has 0 aromatic carbocycles. The van der Waals surface area contributed by atoms with Gasteiger partial charge in [0.2, 0.25) is 0 Å². The van der Waals surface area contributed by atoms with Crippen LogP contribution >= 0.6 is 0 Å². The minimum Gasteiger partial charge on any atom is -0.355 e. The van der Waals surface area contributed by atoms with E-state index in [-0.39, 0.29) is 0 Å². The summed E-state index contributed by atoms with van der Waals surface area (Å²) in [7, 11) is 0. The normalized spacial score (nSPS) is 20.2. The average Bonchev–Trinajstić information content (AvgIpc) is 2.37. The van der Waals surface area contributed by atoms with Gasteiger partial charge >= 0.3 is 0 Å². The van der Waals surface area contributed by atoms with Gasteiger partial charge in [-0.25, -0.2) is 9.97 Å². The van der Waals surface area contributed by atoms with Crippen molar-refractivity contribution in [1.29, 1.82) is 0 Å². The van der Waals surface area contributed by atoms with Crippen molar-refractivity contribution in [3.05, 3.63) is 18.1 Å². The number of anilines is 1. The van der Waals surface area contributed by atoms with Crippen LogP contribution in [0.3, 0.4) is 0 Å². The SMILES string of the molecule is CCN(CC1CCCCN1)c1cc(C)ncn1. The first-order chi connectivity index (χ1) is 8.29. The average molecular weight is 234 g/mol. The van der Waals surface area contributed by atoms with Crippen LogP contribution < -0.4 is 10.2 Å². The minimum atomic E-state index is 0.610. The van der Waals surface area contributed by atoms with E-state index in [9.17, 15) is 0 Å². The number of rotatable bonds is 4. The zero-order chi connectivity index (χ0) is 12.1. The molecule has 0 aliphatic carbocycles. The molecule has 2 heterocycles. The van der Waals surface area contributed by atoms with Gasteiger partial charge in [-0.3, -0.25) is 0 Å². The van der Waals surface area contributed by atoms with Gasteiger partial charge in [-0.05, 0) is 33.2 Å². The van der Waals surface area contributed by atoms with E-state index in [1.54, 1.807) is 6.33 Å². The predicted octanol–water partition coefficient (Wildman–Crippen LogP) is 1.75. The molecule has 0 amide bonds. The molecule has 1 saturated heterocycles. The maximum atomic E-state index is 4.36. The molecule has 0 saturated carbocycles. The number of hydrogen-bond donors (Lipinski definition) is 1. The van der Waals surface area contributed by atoms with E-state index in [0.717, 1.165) is 31.1 Å².